The van der Waals surface area contributed by atoms with Gasteiger partial charge in [0, 0.05) is 19.0 Å². The minimum atomic E-state index is -0.533. The van der Waals surface area contributed by atoms with E-state index < -0.39 is 5.92 Å². The Hall–Kier alpha value is -0.900. The zero-order valence-electron chi connectivity index (χ0n) is 9.78. The molecular formula is C12H19NO3. The molecule has 2 aliphatic rings. The van der Waals surface area contributed by atoms with Gasteiger partial charge in [-0.1, -0.05) is 6.42 Å². The normalized spacial score (nSPS) is 30.9. The van der Waals surface area contributed by atoms with Crippen LogP contribution in [-0.4, -0.2) is 42.4 Å². The molecule has 4 heteroatoms. The van der Waals surface area contributed by atoms with E-state index in [4.69, 9.17) is 4.74 Å². The van der Waals surface area contributed by atoms with Gasteiger partial charge in [-0.3, -0.25) is 14.5 Å². The van der Waals surface area contributed by atoms with Gasteiger partial charge in [0.15, 0.2) is 0 Å². The molecule has 0 saturated carbocycles. The smallest absolute Gasteiger partial charge is 0.317 e. The standard InChI is InChI=1S/C12H19NO3/c1-2-16-12(15)10-8-13-6-4-3-5-9(13)7-11(10)14/h9-10H,2-8H2,1H3/t9-,10-/m1/s1. The first kappa shape index (κ1) is 11.6. The van der Waals surface area contributed by atoms with E-state index in [1.165, 1.54) is 12.8 Å². The zero-order valence-corrected chi connectivity index (χ0v) is 9.78. The topological polar surface area (TPSA) is 46.6 Å². The van der Waals surface area contributed by atoms with Crippen LogP contribution in [-0.2, 0) is 14.3 Å². The van der Waals surface area contributed by atoms with E-state index in [2.05, 4.69) is 4.90 Å². The number of hydrogen-bond donors (Lipinski definition) is 0. The van der Waals surface area contributed by atoms with E-state index in [1.807, 2.05) is 0 Å². The molecule has 2 rings (SSSR count). The molecule has 0 aliphatic carbocycles. The van der Waals surface area contributed by atoms with Crippen molar-refractivity contribution >= 4 is 11.8 Å². The van der Waals surface area contributed by atoms with Crippen molar-refractivity contribution in [2.24, 2.45) is 5.92 Å². The number of rotatable bonds is 2. The molecule has 0 unspecified atom stereocenters. The molecule has 2 saturated heterocycles. The third-order valence-corrected chi connectivity index (χ3v) is 3.56. The molecule has 2 aliphatic heterocycles. The van der Waals surface area contributed by atoms with Crippen LogP contribution in [0.15, 0.2) is 0 Å². The van der Waals surface area contributed by atoms with Gasteiger partial charge in [0.05, 0.1) is 6.61 Å². The quantitative estimate of drug-likeness (QED) is 0.519. The van der Waals surface area contributed by atoms with Gasteiger partial charge in [-0.2, -0.15) is 0 Å². The second-order valence-electron chi connectivity index (χ2n) is 4.62. The number of Topliss-reactive ketones (excluding diaryl/α,β-unsaturated/α-hetero) is 1. The summed E-state index contributed by atoms with van der Waals surface area (Å²) < 4.78 is 4.95. The van der Waals surface area contributed by atoms with Crippen molar-refractivity contribution in [2.45, 2.75) is 38.6 Å². The van der Waals surface area contributed by atoms with Crippen LogP contribution >= 0.6 is 0 Å². The van der Waals surface area contributed by atoms with E-state index in [1.54, 1.807) is 6.92 Å². The molecule has 0 radical (unpaired) electrons. The number of nitrogens with zero attached hydrogens (tertiary/aromatic N) is 1. The Balaban J connectivity index is 2.00. The number of carbonyl (C=O) groups excluding carboxylic acids is 2. The summed E-state index contributed by atoms with van der Waals surface area (Å²) in [7, 11) is 0. The largest absolute Gasteiger partial charge is 0.465 e. The molecule has 2 atom stereocenters. The number of carbonyl (C=O) groups is 2. The predicted octanol–water partition coefficient (Wildman–Crippen LogP) is 0.993. The Morgan fingerprint density at radius 1 is 1.50 bits per heavy atom. The summed E-state index contributed by atoms with van der Waals surface area (Å²) in [6, 6.07) is 0.381. The third kappa shape index (κ3) is 2.26. The fraction of sp³-hybridized carbons (Fsp3) is 0.833. The SMILES string of the molecule is CCOC(=O)[C@@H]1CN2CCCC[C@@H]2CC1=O. The lowest BCUT2D eigenvalue weighted by molar-refractivity contribution is -0.155. The first-order chi connectivity index (χ1) is 7.72. The van der Waals surface area contributed by atoms with Crippen molar-refractivity contribution in [1.29, 1.82) is 0 Å². The van der Waals surface area contributed by atoms with Crippen LogP contribution in [0.1, 0.15) is 32.6 Å². The molecular weight excluding hydrogens is 206 g/mol. The molecule has 2 heterocycles. The summed E-state index contributed by atoms with van der Waals surface area (Å²) >= 11 is 0. The first-order valence-electron chi connectivity index (χ1n) is 6.15. The Bertz CT molecular complexity index is 290. The highest BCUT2D eigenvalue weighted by Gasteiger charge is 2.39. The summed E-state index contributed by atoms with van der Waals surface area (Å²) in [5.41, 5.74) is 0. The average molecular weight is 225 g/mol. The van der Waals surface area contributed by atoms with Crippen molar-refractivity contribution in [3.63, 3.8) is 0 Å². The zero-order chi connectivity index (χ0) is 11.5. The predicted molar refractivity (Wildman–Crippen MR) is 59.0 cm³/mol. The molecule has 16 heavy (non-hydrogen) atoms. The molecule has 90 valence electrons. The van der Waals surface area contributed by atoms with Crippen molar-refractivity contribution in [2.75, 3.05) is 19.7 Å². The highest BCUT2D eigenvalue weighted by Crippen LogP contribution is 2.27. The Kier molecular flexibility index (Phi) is 3.59. The highest BCUT2D eigenvalue weighted by atomic mass is 16.5. The molecule has 2 fully saturated rings. The number of piperidine rings is 2. The minimum absolute atomic E-state index is 0.0709. The van der Waals surface area contributed by atoms with E-state index in [-0.39, 0.29) is 11.8 Å². The van der Waals surface area contributed by atoms with E-state index in [0.29, 0.717) is 25.6 Å². The fourth-order valence-electron chi connectivity index (χ4n) is 2.69. The lowest BCUT2D eigenvalue weighted by Crippen LogP contribution is -2.52. The van der Waals surface area contributed by atoms with Crippen LogP contribution in [0.3, 0.4) is 0 Å². The lowest BCUT2D eigenvalue weighted by Gasteiger charge is -2.40. The fourth-order valence-corrected chi connectivity index (χ4v) is 2.69. The van der Waals surface area contributed by atoms with Gasteiger partial charge < -0.3 is 4.74 Å². The summed E-state index contributed by atoms with van der Waals surface area (Å²) in [5.74, 6) is -0.799. The summed E-state index contributed by atoms with van der Waals surface area (Å²) in [5, 5.41) is 0. The number of esters is 1. The number of ketones is 1. The number of hydrogen-bond acceptors (Lipinski definition) is 4. The molecule has 0 aromatic carbocycles. The van der Waals surface area contributed by atoms with Gasteiger partial charge in [-0.15, -0.1) is 0 Å². The van der Waals surface area contributed by atoms with Crippen molar-refractivity contribution in [3.05, 3.63) is 0 Å². The van der Waals surface area contributed by atoms with Gasteiger partial charge in [0.2, 0.25) is 0 Å². The van der Waals surface area contributed by atoms with Crippen molar-refractivity contribution in [3.8, 4) is 0 Å². The van der Waals surface area contributed by atoms with Crippen molar-refractivity contribution < 1.29 is 14.3 Å². The molecule has 4 nitrogen and oxygen atoms in total. The van der Waals surface area contributed by atoms with Gasteiger partial charge in [-0.25, -0.2) is 0 Å². The average Bonchev–Trinajstić information content (AvgIpc) is 2.28. The van der Waals surface area contributed by atoms with Crippen LogP contribution in [0.4, 0.5) is 0 Å². The lowest BCUT2D eigenvalue weighted by atomic mass is 9.86. The molecule has 0 amide bonds. The van der Waals surface area contributed by atoms with Gasteiger partial charge in [0.25, 0.3) is 0 Å². The second-order valence-corrected chi connectivity index (χ2v) is 4.62. The monoisotopic (exact) mass is 225 g/mol. The molecule has 0 aromatic rings. The molecule has 0 N–H and O–H groups in total. The van der Waals surface area contributed by atoms with E-state index in [0.717, 1.165) is 13.0 Å². The van der Waals surface area contributed by atoms with Crippen LogP contribution in [0, 0.1) is 5.92 Å². The molecule has 0 aromatic heterocycles. The highest BCUT2D eigenvalue weighted by molar-refractivity contribution is 6.00. The number of ether oxygens (including phenoxy) is 1. The van der Waals surface area contributed by atoms with Gasteiger partial charge >= 0.3 is 5.97 Å². The maximum absolute atomic E-state index is 11.8. The van der Waals surface area contributed by atoms with Crippen LogP contribution in [0.5, 0.6) is 0 Å². The van der Waals surface area contributed by atoms with E-state index in [9.17, 15) is 9.59 Å². The molecule has 0 bridgehead atoms. The summed E-state index contributed by atoms with van der Waals surface area (Å²) in [6.45, 7) is 3.72. The maximum atomic E-state index is 11.8. The van der Waals surface area contributed by atoms with Gasteiger partial charge in [-0.05, 0) is 26.3 Å². The Labute approximate surface area is 95.9 Å². The second kappa shape index (κ2) is 4.95. The number of fused-ring (bicyclic) bond motifs is 1. The van der Waals surface area contributed by atoms with Crippen LogP contribution < -0.4 is 0 Å². The van der Waals surface area contributed by atoms with Crippen LogP contribution in [0.2, 0.25) is 0 Å². The van der Waals surface area contributed by atoms with Gasteiger partial charge in [0.1, 0.15) is 11.7 Å². The summed E-state index contributed by atoms with van der Waals surface area (Å²) in [6.07, 6.45) is 4.02. The minimum Gasteiger partial charge on any atom is -0.465 e. The van der Waals surface area contributed by atoms with Crippen LogP contribution in [0.25, 0.3) is 0 Å². The Morgan fingerprint density at radius 3 is 3.06 bits per heavy atom. The van der Waals surface area contributed by atoms with E-state index >= 15 is 0 Å². The third-order valence-electron chi connectivity index (χ3n) is 3.56. The molecule has 0 spiro atoms. The maximum Gasteiger partial charge on any atom is 0.317 e. The van der Waals surface area contributed by atoms with Crippen molar-refractivity contribution in [1.82, 2.24) is 4.90 Å². The summed E-state index contributed by atoms with van der Waals surface area (Å²) in [4.78, 5) is 25.7. The Morgan fingerprint density at radius 2 is 2.31 bits per heavy atom. The first-order valence-corrected chi connectivity index (χ1v) is 6.15.